The highest BCUT2D eigenvalue weighted by atomic mass is 16.7. The Hall–Kier alpha value is -0.900. The van der Waals surface area contributed by atoms with E-state index in [9.17, 15) is 0 Å². The topological polar surface area (TPSA) is 30.5 Å². The highest BCUT2D eigenvalue weighted by Gasteiger charge is 2.32. The second kappa shape index (κ2) is 5.83. The van der Waals surface area contributed by atoms with Crippen molar-refractivity contribution < 1.29 is 9.47 Å². The van der Waals surface area contributed by atoms with Gasteiger partial charge in [0.15, 0.2) is 5.79 Å². The van der Waals surface area contributed by atoms with E-state index in [0.29, 0.717) is 12.6 Å². The first kappa shape index (κ1) is 13.5. The van der Waals surface area contributed by atoms with Crippen molar-refractivity contribution in [1.29, 1.82) is 0 Å². The number of ether oxygens (including phenoxy) is 2. The fourth-order valence-corrected chi connectivity index (χ4v) is 2.24. The van der Waals surface area contributed by atoms with Crippen LogP contribution < -0.4 is 5.32 Å². The van der Waals surface area contributed by atoms with E-state index in [0.717, 1.165) is 13.0 Å². The molecule has 0 saturated carbocycles. The van der Waals surface area contributed by atoms with Crippen molar-refractivity contribution in [2.45, 2.75) is 45.1 Å². The van der Waals surface area contributed by atoms with Gasteiger partial charge in [0.05, 0.1) is 12.7 Å². The van der Waals surface area contributed by atoms with Crippen molar-refractivity contribution in [3.63, 3.8) is 0 Å². The third-order valence-electron chi connectivity index (χ3n) is 3.15. The van der Waals surface area contributed by atoms with Gasteiger partial charge in [0, 0.05) is 12.6 Å². The van der Waals surface area contributed by atoms with E-state index in [1.54, 1.807) is 0 Å². The van der Waals surface area contributed by atoms with Gasteiger partial charge in [0.1, 0.15) is 0 Å². The summed E-state index contributed by atoms with van der Waals surface area (Å²) in [7, 11) is 0. The summed E-state index contributed by atoms with van der Waals surface area (Å²) >= 11 is 0. The van der Waals surface area contributed by atoms with Gasteiger partial charge in [0.2, 0.25) is 0 Å². The highest BCUT2D eigenvalue weighted by Crippen LogP contribution is 2.21. The first-order chi connectivity index (χ1) is 8.55. The van der Waals surface area contributed by atoms with Crippen LogP contribution in [0.3, 0.4) is 0 Å². The van der Waals surface area contributed by atoms with Crippen molar-refractivity contribution >= 4 is 0 Å². The minimum absolute atomic E-state index is 0.165. The fraction of sp³-hybridized carbons (Fsp3) is 0.600. The molecule has 1 heterocycles. The summed E-state index contributed by atoms with van der Waals surface area (Å²) < 4.78 is 11.3. The molecule has 3 nitrogen and oxygen atoms in total. The summed E-state index contributed by atoms with van der Waals surface area (Å²) in [5.74, 6) is -0.422. The number of rotatable bonds is 5. The maximum absolute atomic E-state index is 5.76. The van der Waals surface area contributed by atoms with Gasteiger partial charge in [0.25, 0.3) is 0 Å². The number of hydrogen-bond donors (Lipinski definition) is 1. The van der Waals surface area contributed by atoms with E-state index in [4.69, 9.17) is 9.47 Å². The molecule has 0 bridgehead atoms. The lowest BCUT2D eigenvalue weighted by Gasteiger charge is -2.19. The molecule has 0 spiro atoms. The number of hydrogen-bond acceptors (Lipinski definition) is 3. The Morgan fingerprint density at radius 1 is 1.33 bits per heavy atom. The third-order valence-corrected chi connectivity index (χ3v) is 3.15. The molecule has 1 aliphatic heterocycles. The fourth-order valence-electron chi connectivity index (χ4n) is 2.24. The minimum atomic E-state index is -0.422. The Morgan fingerprint density at radius 3 is 2.67 bits per heavy atom. The minimum Gasteiger partial charge on any atom is -0.348 e. The van der Waals surface area contributed by atoms with E-state index in [1.165, 1.54) is 5.56 Å². The number of benzene rings is 1. The smallest absolute Gasteiger partial charge is 0.163 e. The van der Waals surface area contributed by atoms with Crippen LogP contribution in [0.4, 0.5) is 0 Å². The van der Waals surface area contributed by atoms with Crippen LogP contribution in [-0.4, -0.2) is 31.1 Å². The first-order valence-corrected chi connectivity index (χ1v) is 6.64. The largest absolute Gasteiger partial charge is 0.348 e. The molecule has 1 aliphatic rings. The molecule has 1 aromatic rings. The maximum atomic E-state index is 5.76. The molecule has 2 unspecified atom stereocenters. The van der Waals surface area contributed by atoms with Crippen LogP contribution in [0.25, 0.3) is 0 Å². The molecule has 1 aromatic carbocycles. The molecule has 0 amide bonds. The highest BCUT2D eigenvalue weighted by molar-refractivity contribution is 5.15. The lowest BCUT2D eigenvalue weighted by atomic mass is 10.1. The molecule has 0 aromatic heterocycles. The van der Waals surface area contributed by atoms with E-state index in [2.05, 4.69) is 36.5 Å². The van der Waals surface area contributed by atoms with Crippen LogP contribution >= 0.6 is 0 Å². The summed E-state index contributed by atoms with van der Waals surface area (Å²) in [4.78, 5) is 0. The quantitative estimate of drug-likeness (QED) is 0.869. The Kier molecular flexibility index (Phi) is 4.38. The van der Waals surface area contributed by atoms with Crippen LogP contribution in [0.5, 0.6) is 0 Å². The summed E-state index contributed by atoms with van der Waals surface area (Å²) in [5, 5.41) is 3.51. The Bertz CT molecular complexity index is 364. The van der Waals surface area contributed by atoms with Gasteiger partial charge in [-0.3, -0.25) is 0 Å². The molecule has 0 radical (unpaired) electrons. The Labute approximate surface area is 109 Å². The molecule has 18 heavy (non-hydrogen) atoms. The summed E-state index contributed by atoms with van der Waals surface area (Å²) in [6.07, 6.45) is 1.20. The normalized spacial score (nSPS) is 24.1. The molecule has 3 heteroatoms. The van der Waals surface area contributed by atoms with Crippen LogP contribution in [0, 0.1) is 0 Å². The second-order valence-electron chi connectivity index (χ2n) is 5.45. The molecular weight excluding hydrogens is 226 g/mol. The second-order valence-corrected chi connectivity index (χ2v) is 5.45. The molecule has 1 saturated heterocycles. The monoisotopic (exact) mass is 249 g/mol. The predicted molar refractivity (Wildman–Crippen MR) is 72.5 cm³/mol. The Balaban J connectivity index is 1.71. The molecule has 1 N–H and O–H groups in total. The zero-order chi connectivity index (χ0) is 13.0. The summed E-state index contributed by atoms with van der Waals surface area (Å²) in [6.45, 7) is 7.64. The number of nitrogens with one attached hydrogen (secondary N) is 1. The van der Waals surface area contributed by atoms with Crippen LogP contribution in [0.1, 0.15) is 26.3 Å². The van der Waals surface area contributed by atoms with E-state index in [-0.39, 0.29) is 6.10 Å². The van der Waals surface area contributed by atoms with Crippen molar-refractivity contribution in [2.24, 2.45) is 0 Å². The van der Waals surface area contributed by atoms with Crippen molar-refractivity contribution in [3.05, 3.63) is 35.9 Å². The van der Waals surface area contributed by atoms with E-state index >= 15 is 0 Å². The molecule has 0 aliphatic carbocycles. The van der Waals surface area contributed by atoms with Gasteiger partial charge < -0.3 is 14.8 Å². The van der Waals surface area contributed by atoms with Crippen molar-refractivity contribution in [2.75, 3.05) is 13.2 Å². The zero-order valence-corrected chi connectivity index (χ0v) is 11.5. The molecular formula is C15H23NO2. The third kappa shape index (κ3) is 4.09. The van der Waals surface area contributed by atoms with Gasteiger partial charge >= 0.3 is 0 Å². The van der Waals surface area contributed by atoms with Crippen LogP contribution in [0.2, 0.25) is 0 Å². The van der Waals surface area contributed by atoms with Crippen LogP contribution in [-0.2, 0) is 15.9 Å². The van der Waals surface area contributed by atoms with Crippen molar-refractivity contribution in [3.8, 4) is 0 Å². The van der Waals surface area contributed by atoms with Gasteiger partial charge in [-0.1, -0.05) is 30.3 Å². The molecule has 100 valence electrons. The average Bonchev–Trinajstić information content (AvgIpc) is 2.68. The van der Waals surface area contributed by atoms with Gasteiger partial charge in [-0.25, -0.2) is 0 Å². The van der Waals surface area contributed by atoms with Gasteiger partial charge in [-0.05, 0) is 32.8 Å². The van der Waals surface area contributed by atoms with Crippen molar-refractivity contribution in [1.82, 2.24) is 5.32 Å². The lowest BCUT2D eigenvalue weighted by molar-refractivity contribution is -0.137. The van der Waals surface area contributed by atoms with E-state index < -0.39 is 5.79 Å². The summed E-state index contributed by atoms with van der Waals surface area (Å²) in [5.41, 5.74) is 1.36. The molecule has 2 rings (SSSR count). The average molecular weight is 249 g/mol. The maximum Gasteiger partial charge on any atom is 0.163 e. The van der Waals surface area contributed by atoms with Crippen LogP contribution in [0.15, 0.2) is 30.3 Å². The standard InChI is InChI=1S/C15H23NO2/c1-12(9-13-7-5-4-6-8-13)16-10-14-11-17-15(2,3)18-14/h4-8,12,14,16H,9-11H2,1-3H3. The predicted octanol–water partition coefficient (Wildman–Crippen LogP) is 2.36. The van der Waals surface area contributed by atoms with Gasteiger partial charge in [-0.2, -0.15) is 0 Å². The molecule has 2 atom stereocenters. The summed E-state index contributed by atoms with van der Waals surface area (Å²) in [6, 6.07) is 11.0. The lowest BCUT2D eigenvalue weighted by Crippen LogP contribution is -2.36. The SMILES string of the molecule is CC(Cc1ccccc1)NCC1COC(C)(C)O1. The molecule has 1 fully saturated rings. The van der Waals surface area contributed by atoms with E-state index in [1.807, 2.05) is 19.9 Å². The zero-order valence-electron chi connectivity index (χ0n) is 11.5. The first-order valence-electron chi connectivity index (χ1n) is 6.64. The Morgan fingerprint density at radius 2 is 2.06 bits per heavy atom. The van der Waals surface area contributed by atoms with Gasteiger partial charge in [-0.15, -0.1) is 0 Å².